The van der Waals surface area contributed by atoms with Gasteiger partial charge in [0.15, 0.2) is 9.76 Å². The molecule has 0 aromatic heterocycles. The smallest absolute Gasteiger partial charge is 0.175 e. The summed E-state index contributed by atoms with van der Waals surface area (Å²) in [6.07, 6.45) is 1.15. The summed E-state index contributed by atoms with van der Waals surface area (Å²) in [7, 11) is -0.348. The maximum absolute atomic E-state index is 5.21. The minimum absolute atomic E-state index is 0.348. The topological polar surface area (TPSA) is 35.2 Å². The van der Waals surface area contributed by atoms with Gasteiger partial charge in [-0.15, -0.1) is 0 Å². The molecule has 3 heteroatoms. The molecule has 0 saturated heterocycles. The molecular formula is C6H19NOSi. The van der Waals surface area contributed by atoms with Gasteiger partial charge in [0.05, 0.1) is 0 Å². The molecule has 0 unspecified atom stereocenters. The fraction of sp³-hybridized carbons (Fsp3) is 1.00. The van der Waals surface area contributed by atoms with Crippen molar-refractivity contribution < 1.29 is 4.43 Å². The minimum Gasteiger partial charge on any atom is -0.420 e. The maximum Gasteiger partial charge on any atom is 0.175 e. The summed E-state index contributed by atoms with van der Waals surface area (Å²) in [5, 5.41) is 0. The molecule has 2 N–H and O–H groups in total. The van der Waals surface area contributed by atoms with E-state index in [0.29, 0.717) is 6.10 Å². The Morgan fingerprint density at radius 3 is 2.00 bits per heavy atom. The Labute approximate surface area is 60.7 Å². The molecule has 0 aromatic carbocycles. The normalized spacial score (nSPS) is 10.0. The van der Waals surface area contributed by atoms with Crippen LogP contribution in [0.4, 0.5) is 0 Å². The van der Waals surface area contributed by atoms with Crippen LogP contribution in [0.5, 0.6) is 0 Å². The molecule has 0 aliphatic heterocycles. The Balaban J connectivity index is 0. The highest BCUT2D eigenvalue weighted by Gasteiger charge is 1.87. The van der Waals surface area contributed by atoms with E-state index in [9.17, 15) is 0 Å². The van der Waals surface area contributed by atoms with E-state index in [0.717, 1.165) is 6.17 Å². The van der Waals surface area contributed by atoms with E-state index in [2.05, 4.69) is 0 Å². The van der Waals surface area contributed by atoms with Gasteiger partial charge in [-0.25, -0.2) is 0 Å². The predicted octanol–water partition coefficient (Wildman–Crippen LogP) is 0.438. The van der Waals surface area contributed by atoms with Gasteiger partial charge in [0.25, 0.3) is 0 Å². The van der Waals surface area contributed by atoms with Crippen LogP contribution < -0.4 is 5.73 Å². The SMILES string of the molecule is CC.CC(C)O[SiH2]CN. The van der Waals surface area contributed by atoms with Crippen LogP contribution in [0.15, 0.2) is 0 Å². The summed E-state index contributed by atoms with van der Waals surface area (Å²) in [6.45, 7) is 8.06. The van der Waals surface area contributed by atoms with Crippen molar-refractivity contribution in [3.63, 3.8) is 0 Å². The Kier molecular flexibility index (Phi) is 14.5. The molecule has 0 heterocycles. The van der Waals surface area contributed by atoms with Gasteiger partial charge in [0.2, 0.25) is 0 Å². The van der Waals surface area contributed by atoms with E-state index in [1.807, 2.05) is 27.7 Å². The molecule has 2 nitrogen and oxygen atoms in total. The van der Waals surface area contributed by atoms with Crippen molar-refractivity contribution in [1.29, 1.82) is 0 Å². The largest absolute Gasteiger partial charge is 0.420 e. The molecule has 0 aromatic rings. The third-order valence-corrected chi connectivity index (χ3v) is 1.71. The molecule has 0 bridgehead atoms. The summed E-state index contributed by atoms with van der Waals surface area (Å²) >= 11 is 0. The first-order valence-electron chi connectivity index (χ1n) is 3.59. The first-order chi connectivity index (χ1) is 4.27. The number of hydrogen-bond acceptors (Lipinski definition) is 2. The molecule has 0 fully saturated rings. The van der Waals surface area contributed by atoms with Crippen molar-refractivity contribution in [2.45, 2.75) is 33.8 Å². The first-order valence-corrected chi connectivity index (χ1v) is 5.16. The van der Waals surface area contributed by atoms with Gasteiger partial charge in [0, 0.05) is 12.3 Å². The summed E-state index contributed by atoms with van der Waals surface area (Å²) < 4.78 is 5.20. The highest BCUT2D eigenvalue weighted by Crippen LogP contribution is 1.81. The van der Waals surface area contributed by atoms with Crippen LogP contribution in [-0.2, 0) is 4.43 Å². The number of nitrogens with two attached hydrogens (primary N) is 1. The summed E-state index contributed by atoms with van der Waals surface area (Å²) in [4.78, 5) is 0. The van der Waals surface area contributed by atoms with Crippen molar-refractivity contribution in [1.82, 2.24) is 0 Å². The molecule has 0 amide bonds. The summed E-state index contributed by atoms with van der Waals surface area (Å²) in [5.74, 6) is 0. The zero-order valence-corrected chi connectivity index (χ0v) is 8.39. The molecule has 9 heavy (non-hydrogen) atoms. The number of rotatable bonds is 3. The second kappa shape index (κ2) is 11.0. The van der Waals surface area contributed by atoms with Crippen molar-refractivity contribution in [2.24, 2.45) is 5.73 Å². The third kappa shape index (κ3) is 17.9. The van der Waals surface area contributed by atoms with Gasteiger partial charge in [-0.1, -0.05) is 13.8 Å². The van der Waals surface area contributed by atoms with Crippen LogP contribution in [0.2, 0.25) is 0 Å². The highest BCUT2D eigenvalue weighted by atomic mass is 28.2. The molecule has 0 rings (SSSR count). The molecule has 0 aliphatic rings. The van der Waals surface area contributed by atoms with Crippen LogP contribution in [-0.4, -0.2) is 22.0 Å². The van der Waals surface area contributed by atoms with E-state index < -0.39 is 0 Å². The Morgan fingerprint density at radius 1 is 1.44 bits per heavy atom. The molecule has 0 radical (unpaired) electrons. The monoisotopic (exact) mass is 149 g/mol. The van der Waals surface area contributed by atoms with Gasteiger partial charge in [-0.05, 0) is 13.8 Å². The second-order valence-corrected chi connectivity index (χ2v) is 3.03. The van der Waals surface area contributed by atoms with E-state index >= 15 is 0 Å². The second-order valence-electron chi connectivity index (χ2n) is 1.71. The van der Waals surface area contributed by atoms with E-state index in [-0.39, 0.29) is 9.76 Å². The number of hydrogen-bond donors (Lipinski definition) is 1. The maximum atomic E-state index is 5.21. The summed E-state index contributed by atoms with van der Waals surface area (Å²) in [6, 6.07) is 0. The van der Waals surface area contributed by atoms with Crippen LogP contribution in [0.25, 0.3) is 0 Å². The predicted molar refractivity (Wildman–Crippen MR) is 45.2 cm³/mol. The fourth-order valence-corrected chi connectivity index (χ4v) is 0.911. The van der Waals surface area contributed by atoms with E-state index in [4.69, 9.17) is 10.2 Å². The van der Waals surface area contributed by atoms with Crippen LogP contribution in [0.1, 0.15) is 27.7 Å². The first kappa shape index (κ1) is 11.9. The summed E-state index contributed by atoms with van der Waals surface area (Å²) in [5.41, 5.74) is 5.21. The van der Waals surface area contributed by atoms with E-state index in [1.165, 1.54) is 0 Å². The minimum atomic E-state index is -0.348. The Hall–Kier alpha value is 0.137. The molecule has 0 aliphatic carbocycles. The lowest BCUT2D eigenvalue weighted by atomic mass is 10.5. The standard InChI is InChI=1S/C4H13NOSi.C2H6/c1-4(2)6-7-3-5;1-2/h4H,3,5,7H2,1-2H3;1-2H3. The lowest BCUT2D eigenvalue weighted by Crippen LogP contribution is -2.16. The average molecular weight is 149 g/mol. The van der Waals surface area contributed by atoms with Crippen molar-refractivity contribution in [2.75, 3.05) is 6.17 Å². The van der Waals surface area contributed by atoms with Crippen LogP contribution >= 0.6 is 0 Å². The van der Waals surface area contributed by atoms with Crippen LogP contribution in [0.3, 0.4) is 0 Å². The lowest BCUT2D eigenvalue weighted by Gasteiger charge is -2.03. The molecule has 0 saturated carbocycles. The lowest BCUT2D eigenvalue weighted by molar-refractivity contribution is 0.256. The molecule has 58 valence electrons. The highest BCUT2D eigenvalue weighted by molar-refractivity contribution is 6.27. The molecule has 0 spiro atoms. The van der Waals surface area contributed by atoms with Gasteiger partial charge in [0.1, 0.15) is 0 Å². The van der Waals surface area contributed by atoms with Gasteiger partial charge in [-0.3, -0.25) is 0 Å². The van der Waals surface area contributed by atoms with Crippen molar-refractivity contribution in [3.05, 3.63) is 0 Å². The van der Waals surface area contributed by atoms with Crippen LogP contribution in [0, 0.1) is 0 Å². The Bertz CT molecular complexity index is 42.0. The molecule has 0 atom stereocenters. The zero-order chi connectivity index (χ0) is 7.70. The molecular weight excluding hydrogens is 130 g/mol. The van der Waals surface area contributed by atoms with Gasteiger partial charge in [-0.2, -0.15) is 0 Å². The average Bonchev–Trinajstić information content (AvgIpc) is 1.88. The Morgan fingerprint density at radius 2 is 1.89 bits per heavy atom. The fourth-order valence-electron chi connectivity index (χ4n) is 0.304. The van der Waals surface area contributed by atoms with Gasteiger partial charge < -0.3 is 10.2 Å². The quantitative estimate of drug-likeness (QED) is 0.591. The zero-order valence-electron chi connectivity index (χ0n) is 6.98. The van der Waals surface area contributed by atoms with Gasteiger partial charge >= 0.3 is 0 Å². The van der Waals surface area contributed by atoms with E-state index in [1.54, 1.807) is 0 Å². The third-order valence-electron chi connectivity index (χ3n) is 0.569. The van der Waals surface area contributed by atoms with Crippen molar-refractivity contribution in [3.8, 4) is 0 Å². The van der Waals surface area contributed by atoms with Crippen molar-refractivity contribution >= 4 is 9.76 Å².